The fourth-order valence-electron chi connectivity index (χ4n) is 2.99. The molecule has 2 aliphatic heterocycles. The van der Waals surface area contributed by atoms with Gasteiger partial charge in [-0.15, -0.1) is 0 Å². The van der Waals surface area contributed by atoms with E-state index in [4.69, 9.17) is 4.74 Å². The van der Waals surface area contributed by atoms with E-state index in [1.54, 1.807) is 0 Å². The van der Waals surface area contributed by atoms with Crippen molar-refractivity contribution in [3.63, 3.8) is 0 Å². The normalized spacial score (nSPS) is 21.2. The number of fused-ring (bicyclic) bond motifs is 1. The Morgan fingerprint density at radius 2 is 2.37 bits per heavy atom. The smallest absolute Gasteiger partial charge is 0.133 e. The first-order valence-corrected chi connectivity index (χ1v) is 7.28. The molecule has 0 aliphatic carbocycles. The van der Waals surface area contributed by atoms with Gasteiger partial charge in [0.2, 0.25) is 0 Å². The number of nitrogens with one attached hydrogen (secondary N) is 1. The van der Waals surface area contributed by atoms with E-state index in [-0.39, 0.29) is 0 Å². The fourth-order valence-corrected chi connectivity index (χ4v) is 2.99. The van der Waals surface area contributed by atoms with Crippen LogP contribution in [0, 0.1) is 5.92 Å². The topological polar surface area (TPSA) is 38.3 Å². The van der Waals surface area contributed by atoms with Crippen molar-refractivity contribution >= 4 is 5.78 Å². The number of rotatable bonds is 5. The van der Waals surface area contributed by atoms with Crippen LogP contribution in [0.2, 0.25) is 0 Å². The standard InChI is InChI=1S/C16H21NO2/c18-15(10-13-5-7-17-11-13)3-1-12-2-4-16-14(9-12)6-8-19-16/h2,4,9,13,17H,1,3,5-8,10-11H2. The first kappa shape index (κ1) is 12.7. The van der Waals surface area contributed by atoms with E-state index in [1.165, 1.54) is 11.1 Å². The molecule has 1 saturated heterocycles. The molecule has 0 radical (unpaired) electrons. The van der Waals surface area contributed by atoms with E-state index < -0.39 is 0 Å². The molecule has 1 fully saturated rings. The summed E-state index contributed by atoms with van der Waals surface area (Å²) in [4.78, 5) is 12.0. The predicted molar refractivity (Wildman–Crippen MR) is 74.6 cm³/mol. The molecule has 3 nitrogen and oxygen atoms in total. The third kappa shape index (κ3) is 3.16. The summed E-state index contributed by atoms with van der Waals surface area (Å²) in [7, 11) is 0. The van der Waals surface area contributed by atoms with Crippen LogP contribution in [0.25, 0.3) is 0 Å². The van der Waals surface area contributed by atoms with E-state index in [2.05, 4.69) is 17.4 Å². The Hall–Kier alpha value is -1.35. The summed E-state index contributed by atoms with van der Waals surface area (Å²) in [5, 5.41) is 3.31. The average molecular weight is 259 g/mol. The molecule has 0 bridgehead atoms. The number of carbonyl (C=O) groups excluding carboxylic acids is 1. The van der Waals surface area contributed by atoms with Gasteiger partial charge in [0.05, 0.1) is 6.61 Å². The Bertz CT molecular complexity index is 464. The molecule has 1 unspecified atom stereocenters. The van der Waals surface area contributed by atoms with Crippen molar-refractivity contribution in [2.45, 2.75) is 32.1 Å². The van der Waals surface area contributed by atoms with Gasteiger partial charge in [0.15, 0.2) is 0 Å². The number of carbonyl (C=O) groups is 1. The molecule has 3 heteroatoms. The highest BCUT2D eigenvalue weighted by Crippen LogP contribution is 2.26. The van der Waals surface area contributed by atoms with Crippen molar-refractivity contribution in [3.05, 3.63) is 29.3 Å². The third-order valence-electron chi connectivity index (χ3n) is 4.13. The first-order valence-electron chi connectivity index (χ1n) is 7.28. The lowest BCUT2D eigenvalue weighted by Gasteiger charge is -2.07. The van der Waals surface area contributed by atoms with E-state index in [0.717, 1.165) is 51.1 Å². The van der Waals surface area contributed by atoms with Gasteiger partial charge in [0.1, 0.15) is 11.5 Å². The number of benzene rings is 1. The molecule has 3 rings (SSSR count). The molecular formula is C16H21NO2. The highest BCUT2D eigenvalue weighted by Gasteiger charge is 2.18. The maximum absolute atomic E-state index is 12.0. The lowest BCUT2D eigenvalue weighted by Crippen LogP contribution is -2.13. The molecule has 1 aromatic rings. The molecule has 2 heterocycles. The maximum Gasteiger partial charge on any atom is 0.133 e. The van der Waals surface area contributed by atoms with E-state index in [1.807, 2.05) is 6.07 Å². The van der Waals surface area contributed by atoms with Crippen LogP contribution in [0.1, 0.15) is 30.4 Å². The third-order valence-corrected chi connectivity index (χ3v) is 4.13. The Balaban J connectivity index is 1.50. The summed E-state index contributed by atoms with van der Waals surface area (Å²) < 4.78 is 5.49. The zero-order valence-electron chi connectivity index (χ0n) is 11.3. The van der Waals surface area contributed by atoms with Crippen LogP contribution >= 0.6 is 0 Å². The van der Waals surface area contributed by atoms with Gasteiger partial charge in [-0.05, 0) is 49.0 Å². The molecule has 19 heavy (non-hydrogen) atoms. The zero-order valence-corrected chi connectivity index (χ0v) is 11.3. The van der Waals surface area contributed by atoms with Crippen LogP contribution in [0.15, 0.2) is 18.2 Å². The van der Waals surface area contributed by atoms with Crippen LogP contribution in [0.5, 0.6) is 5.75 Å². The van der Waals surface area contributed by atoms with Crippen molar-refractivity contribution in [1.29, 1.82) is 0 Å². The number of ether oxygens (including phenoxy) is 1. The summed E-state index contributed by atoms with van der Waals surface area (Å²) in [5.74, 6) is 2.00. The molecule has 2 aliphatic rings. The van der Waals surface area contributed by atoms with Crippen molar-refractivity contribution in [2.24, 2.45) is 5.92 Å². The SMILES string of the molecule is O=C(CCc1ccc2c(c1)CCO2)CC1CCNC1. The minimum Gasteiger partial charge on any atom is -0.493 e. The van der Waals surface area contributed by atoms with Gasteiger partial charge in [-0.2, -0.15) is 0 Å². The summed E-state index contributed by atoms with van der Waals surface area (Å²) in [6, 6.07) is 6.34. The molecule has 0 amide bonds. The van der Waals surface area contributed by atoms with Gasteiger partial charge in [0.25, 0.3) is 0 Å². The van der Waals surface area contributed by atoms with Gasteiger partial charge in [-0.25, -0.2) is 0 Å². The summed E-state index contributed by atoms with van der Waals surface area (Å²) in [5.41, 5.74) is 2.56. The summed E-state index contributed by atoms with van der Waals surface area (Å²) >= 11 is 0. The Kier molecular flexibility index (Phi) is 3.83. The number of ketones is 1. The van der Waals surface area contributed by atoms with Gasteiger partial charge < -0.3 is 10.1 Å². The van der Waals surface area contributed by atoms with Gasteiger partial charge in [0, 0.05) is 19.3 Å². The van der Waals surface area contributed by atoms with Crippen LogP contribution in [0.3, 0.4) is 0 Å². The predicted octanol–water partition coefficient (Wildman–Crippen LogP) is 2.12. The minimum absolute atomic E-state index is 0.408. The second-order valence-corrected chi connectivity index (χ2v) is 5.64. The summed E-state index contributed by atoms with van der Waals surface area (Å²) in [6.45, 7) is 2.89. The molecular weight excluding hydrogens is 238 g/mol. The van der Waals surface area contributed by atoms with Gasteiger partial charge >= 0.3 is 0 Å². The highest BCUT2D eigenvalue weighted by atomic mass is 16.5. The van der Waals surface area contributed by atoms with E-state index in [0.29, 0.717) is 18.1 Å². The average Bonchev–Trinajstić information content (AvgIpc) is 3.06. The van der Waals surface area contributed by atoms with E-state index in [9.17, 15) is 4.79 Å². The highest BCUT2D eigenvalue weighted by molar-refractivity contribution is 5.79. The number of hydrogen-bond donors (Lipinski definition) is 1. The lowest BCUT2D eigenvalue weighted by molar-refractivity contribution is -0.119. The second kappa shape index (κ2) is 5.74. The van der Waals surface area contributed by atoms with Crippen molar-refractivity contribution < 1.29 is 9.53 Å². The molecule has 0 saturated carbocycles. The second-order valence-electron chi connectivity index (χ2n) is 5.64. The van der Waals surface area contributed by atoms with Gasteiger partial charge in [-0.1, -0.05) is 12.1 Å². The number of aryl methyl sites for hydroxylation is 1. The largest absolute Gasteiger partial charge is 0.493 e. The Labute approximate surface area is 114 Å². The van der Waals surface area contributed by atoms with Crippen molar-refractivity contribution in [3.8, 4) is 5.75 Å². The monoisotopic (exact) mass is 259 g/mol. The van der Waals surface area contributed by atoms with Crippen molar-refractivity contribution in [1.82, 2.24) is 5.32 Å². The quantitative estimate of drug-likeness (QED) is 0.880. The molecule has 1 atom stereocenters. The Morgan fingerprint density at radius 3 is 3.21 bits per heavy atom. The van der Waals surface area contributed by atoms with Crippen LogP contribution in [0.4, 0.5) is 0 Å². The minimum atomic E-state index is 0.408. The molecule has 102 valence electrons. The van der Waals surface area contributed by atoms with Crippen LogP contribution < -0.4 is 10.1 Å². The van der Waals surface area contributed by atoms with Crippen LogP contribution in [-0.2, 0) is 17.6 Å². The van der Waals surface area contributed by atoms with Gasteiger partial charge in [-0.3, -0.25) is 4.79 Å². The molecule has 0 aromatic heterocycles. The Morgan fingerprint density at radius 1 is 1.42 bits per heavy atom. The fraction of sp³-hybridized carbons (Fsp3) is 0.562. The zero-order chi connectivity index (χ0) is 13.1. The van der Waals surface area contributed by atoms with Crippen molar-refractivity contribution in [2.75, 3.05) is 19.7 Å². The molecule has 1 aromatic carbocycles. The summed E-state index contributed by atoms with van der Waals surface area (Å²) in [6.07, 6.45) is 4.45. The molecule has 0 spiro atoms. The first-order chi connectivity index (χ1) is 9.31. The molecule has 1 N–H and O–H groups in total. The number of hydrogen-bond acceptors (Lipinski definition) is 3. The van der Waals surface area contributed by atoms with Crippen LogP contribution in [-0.4, -0.2) is 25.5 Å². The number of Topliss-reactive ketones (excluding diaryl/α,β-unsaturated/α-hetero) is 1. The maximum atomic E-state index is 12.0. The van der Waals surface area contributed by atoms with E-state index >= 15 is 0 Å². The lowest BCUT2D eigenvalue weighted by atomic mass is 9.97.